The number of hydrogen-bond donors (Lipinski definition) is 2. The first kappa shape index (κ1) is 16.3. The monoisotopic (exact) mass is 338 g/mol. The summed E-state index contributed by atoms with van der Waals surface area (Å²) in [4.78, 5) is 4.42. The van der Waals surface area contributed by atoms with Gasteiger partial charge in [-0.25, -0.2) is 18.1 Å². The number of ether oxygens (including phenoxy) is 1. The van der Waals surface area contributed by atoms with Crippen molar-refractivity contribution in [3.63, 3.8) is 0 Å². The summed E-state index contributed by atoms with van der Waals surface area (Å²) in [6.07, 6.45) is 1.59. The molecule has 0 aromatic heterocycles. The average Bonchev–Trinajstić information content (AvgIpc) is 3.28. The Morgan fingerprint density at radius 2 is 1.96 bits per heavy atom. The molecule has 1 spiro atoms. The summed E-state index contributed by atoms with van der Waals surface area (Å²) < 4.78 is 32.6. The Morgan fingerprint density at radius 1 is 1.30 bits per heavy atom. The first-order valence-corrected chi connectivity index (χ1v) is 9.25. The van der Waals surface area contributed by atoms with E-state index >= 15 is 0 Å². The van der Waals surface area contributed by atoms with Crippen LogP contribution in [0, 0.1) is 0 Å². The van der Waals surface area contributed by atoms with Crippen molar-refractivity contribution < 1.29 is 18.3 Å². The van der Waals surface area contributed by atoms with Crippen LogP contribution in [0.4, 0.5) is 0 Å². The fraction of sp³-hybridized carbons (Fsp3) is 0.562. The van der Waals surface area contributed by atoms with Crippen molar-refractivity contribution in [2.75, 3.05) is 6.61 Å². The molecule has 1 aliphatic heterocycles. The van der Waals surface area contributed by atoms with Crippen molar-refractivity contribution in [3.05, 3.63) is 35.9 Å². The molecule has 7 heteroatoms. The van der Waals surface area contributed by atoms with Crippen LogP contribution in [-0.4, -0.2) is 36.5 Å². The van der Waals surface area contributed by atoms with Crippen molar-refractivity contribution in [1.29, 1.82) is 0 Å². The minimum Gasteiger partial charge on any atom is -0.457 e. The number of aliphatic hydroxyl groups is 1. The third kappa shape index (κ3) is 2.72. The van der Waals surface area contributed by atoms with Crippen LogP contribution in [0.5, 0.6) is 0 Å². The summed E-state index contributed by atoms with van der Waals surface area (Å²) in [5.74, 6) is 0. The smallest absolute Gasteiger partial charge is 0.299 e. The SMILES string of the molecule is CC1(C)OC(=NC(CCO)c2ccccc2)NS(=O)(=O)C12CC2. The van der Waals surface area contributed by atoms with Crippen molar-refractivity contribution in [1.82, 2.24) is 4.72 Å². The second-order valence-electron chi connectivity index (χ2n) is 6.59. The molecule has 2 N–H and O–H groups in total. The number of amidine groups is 1. The molecule has 2 fully saturated rings. The Morgan fingerprint density at radius 3 is 2.48 bits per heavy atom. The average molecular weight is 338 g/mol. The third-order valence-corrected chi connectivity index (χ3v) is 7.12. The van der Waals surface area contributed by atoms with E-state index in [-0.39, 0.29) is 18.7 Å². The molecule has 1 aliphatic carbocycles. The molecule has 126 valence electrons. The largest absolute Gasteiger partial charge is 0.457 e. The van der Waals surface area contributed by atoms with Crippen LogP contribution in [-0.2, 0) is 14.8 Å². The van der Waals surface area contributed by atoms with E-state index in [0.717, 1.165) is 5.56 Å². The lowest BCUT2D eigenvalue weighted by atomic mass is 10.0. The Balaban J connectivity index is 1.92. The van der Waals surface area contributed by atoms with E-state index in [1.165, 1.54) is 0 Å². The highest BCUT2D eigenvalue weighted by Crippen LogP contribution is 2.54. The van der Waals surface area contributed by atoms with Gasteiger partial charge in [0.1, 0.15) is 10.3 Å². The highest BCUT2D eigenvalue weighted by Gasteiger charge is 2.68. The van der Waals surface area contributed by atoms with E-state index in [4.69, 9.17) is 4.74 Å². The Kier molecular flexibility index (Phi) is 3.88. The molecule has 1 aromatic rings. The predicted molar refractivity (Wildman–Crippen MR) is 87.5 cm³/mol. The second kappa shape index (κ2) is 5.49. The van der Waals surface area contributed by atoms with Crippen molar-refractivity contribution in [2.24, 2.45) is 4.99 Å². The van der Waals surface area contributed by atoms with Gasteiger partial charge in [0.2, 0.25) is 10.0 Å². The molecule has 0 radical (unpaired) electrons. The van der Waals surface area contributed by atoms with Gasteiger partial charge in [-0.1, -0.05) is 30.3 Å². The summed E-state index contributed by atoms with van der Waals surface area (Å²) in [6.45, 7) is 3.53. The maximum absolute atomic E-state index is 12.5. The summed E-state index contributed by atoms with van der Waals surface area (Å²) in [6, 6.07) is 9.11. The minimum absolute atomic E-state index is 0.00910. The van der Waals surface area contributed by atoms with Gasteiger partial charge in [-0.15, -0.1) is 0 Å². The molecule has 3 rings (SSSR count). The zero-order valence-corrected chi connectivity index (χ0v) is 14.1. The Labute approximate surface area is 136 Å². The topological polar surface area (TPSA) is 88.0 Å². The maximum Gasteiger partial charge on any atom is 0.299 e. The van der Waals surface area contributed by atoms with Gasteiger partial charge in [0, 0.05) is 6.61 Å². The van der Waals surface area contributed by atoms with E-state index in [1.807, 2.05) is 30.3 Å². The summed E-state index contributed by atoms with van der Waals surface area (Å²) in [5.41, 5.74) is 0.0810. The second-order valence-corrected chi connectivity index (χ2v) is 8.58. The number of nitrogens with one attached hydrogen (secondary N) is 1. The van der Waals surface area contributed by atoms with Crippen LogP contribution in [0.15, 0.2) is 35.3 Å². The number of sulfonamides is 1. The van der Waals surface area contributed by atoms with E-state index in [9.17, 15) is 13.5 Å². The van der Waals surface area contributed by atoms with Crippen LogP contribution in [0.1, 0.15) is 44.7 Å². The molecule has 2 aliphatic rings. The van der Waals surface area contributed by atoms with Crippen LogP contribution in [0.2, 0.25) is 0 Å². The van der Waals surface area contributed by atoms with Gasteiger partial charge < -0.3 is 9.84 Å². The fourth-order valence-corrected chi connectivity index (χ4v) is 5.02. The molecule has 1 saturated heterocycles. The Hall–Kier alpha value is -1.60. The van der Waals surface area contributed by atoms with Crippen LogP contribution in [0.3, 0.4) is 0 Å². The van der Waals surface area contributed by atoms with Gasteiger partial charge >= 0.3 is 0 Å². The number of rotatable bonds is 4. The zero-order chi connectivity index (χ0) is 16.7. The van der Waals surface area contributed by atoms with E-state index in [2.05, 4.69) is 9.71 Å². The molecule has 1 aromatic carbocycles. The van der Waals surface area contributed by atoms with Crippen molar-refractivity contribution in [2.45, 2.75) is 49.5 Å². The van der Waals surface area contributed by atoms with Gasteiger partial charge in [-0.3, -0.25) is 0 Å². The maximum atomic E-state index is 12.5. The highest BCUT2D eigenvalue weighted by atomic mass is 32.2. The Bertz CT molecular complexity index is 709. The fourth-order valence-electron chi connectivity index (χ4n) is 3.17. The molecule has 1 saturated carbocycles. The lowest BCUT2D eigenvalue weighted by Crippen LogP contribution is -2.60. The minimum atomic E-state index is -3.52. The van der Waals surface area contributed by atoms with Gasteiger partial charge in [0.05, 0.1) is 6.04 Å². The molecule has 1 atom stereocenters. The van der Waals surface area contributed by atoms with Crippen molar-refractivity contribution in [3.8, 4) is 0 Å². The first-order chi connectivity index (χ1) is 10.8. The molecule has 6 nitrogen and oxygen atoms in total. The quantitative estimate of drug-likeness (QED) is 0.875. The zero-order valence-electron chi connectivity index (χ0n) is 13.3. The van der Waals surface area contributed by atoms with Crippen LogP contribution < -0.4 is 4.72 Å². The standard InChI is InChI=1S/C16H22N2O4S/c1-15(2)16(9-10-16)23(20,21)18-14(22-15)17-13(8-11-19)12-6-4-3-5-7-12/h3-7,13,19H,8-11H2,1-2H3,(H,17,18). The molecule has 1 heterocycles. The van der Waals surface area contributed by atoms with Gasteiger partial charge in [0.25, 0.3) is 6.02 Å². The number of benzene rings is 1. The predicted octanol–water partition coefficient (Wildman–Crippen LogP) is 1.73. The molecule has 23 heavy (non-hydrogen) atoms. The molecular weight excluding hydrogens is 316 g/mol. The summed E-state index contributed by atoms with van der Waals surface area (Å²) in [7, 11) is -3.52. The van der Waals surface area contributed by atoms with Crippen molar-refractivity contribution >= 4 is 16.0 Å². The van der Waals surface area contributed by atoms with E-state index in [0.29, 0.717) is 19.3 Å². The van der Waals surface area contributed by atoms with Gasteiger partial charge in [0.15, 0.2) is 0 Å². The number of aliphatic imine (C=N–C) groups is 1. The van der Waals surface area contributed by atoms with Gasteiger partial charge in [-0.05, 0) is 38.7 Å². The van der Waals surface area contributed by atoms with Crippen LogP contribution in [0.25, 0.3) is 0 Å². The van der Waals surface area contributed by atoms with Crippen LogP contribution >= 0.6 is 0 Å². The number of aliphatic hydroxyl groups excluding tert-OH is 1. The first-order valence-electron chi connectivity index (χ1n) is 7.76. The lowest BCUT2D eigenvalue weighted by molar-refractivity contribution is 0.0679. The van der Waals surface area contributed by atoms with E-state index in [1.54, 1.807) is 13.8 Å². The third-order valence-electron chi connectivity index (χ3n) is 4.75. The number of nitrogens with zero attached hydrogens (tertiary/aromatic N) is 1. The summed E-state index contributed by atoms with van der Waals surface area (Å²) >= 11 is 0. The molecule has 1 unspecified atom stereocenters. The number of hydrogen-bond acceptors (Lipinski definition) is 5. The molecule has 0 amide bonds. The molecular formula is C16H22N2O4S. The summed E-state index contributed by atoms with van der Waals surface area (Å²) in [5, 5.41) is 9.28. The van der Waals surface area contributed by atoms with Gasteiger partial charge in [-0.2, -0.15) is 0 Å². The van der Waals surface area contributed by atoms with E-state index < -0.39 is 20.4 Å². The lowest BCUT2D eigenvalue weighted by Gasteiger charge is -2.40. The normalized spacial score (nSPS) is 26.3. The molecule has 0 bridgehead atoms. The highest BCUT2D eigenvalue weighted by molar-refractivity contribution is 7.91.